The summed E-state index contributed by atoms with van der Waals surface area (Å²) in [4.78, 5) is 31.0. The number of carbonyl (C=O) groups is 2. The van der Waals surface area contributed by atoms with E-state index < -0.39 is 5.97 Å². The van der Waals surface area contributed by atoms with Gasteiger partial charge in [0.2, 0.25) is 5.89 Å². The molecule has 1 aliphatic rings. The van der Waals surface area contributed by atoms with Crippen LogP contribution in [-0.4, -0.2) is 45.1 Å². The van der Waals surface area contributed by atoms with Crippen LogP contribution in [0, 0.1) is 6.92 Å². The zero-order chi connectivity index (χ0) is 20.4. The van der Waals surface area contributed by atoms with Gasteiger partial charge >= 0.3 is 5.97 Å². The van der Waals surface area contributed by atoms with Crippen molar-refractivity contribution in [2.24, 2.45) is 0 Å². The van der Waals surface area contributed by atoms with E-state index in [9.17, 15) is 14.7 Å². The van der Waals surface area contributed by atoms with Gasteiger partial charge in [0.15, 0.2) is 5.82 Å². The predicted molar refractivity (Wildman–Crippen MR) is 106 cm³/mol. The summed E-state index contributed by atoms with van der Waals surface area (Å²) >= 11 is 0. The highest BCUT2D eigenvalue weighted by Gasteiger charge is 2.29. The summed E-state index contributed by atoms with van der Waals surface area (Å²) < 4.78 is 5.28. The van der Waals surface area contributed by atoms with Crippen molar-refractivity contribution in [3.8, 4) is 11.1 Å². The molecule has 4 rings (SSSR count). The standard InChI is InChI=1S/C22H21N3O4/c1-14-23-20(29-24-14)15-10-12-25(13-11-15)21(26)18-8-4-2-6-16(18)17-7-3-5-9-19(17)22(27)28/h2-9,15H,10-13H2,1H3,(H,27,28). The molecule has 0 saturated carbocycles. The maximum Gasteiger partial charge on any atom is 0.336 e. The van der Waals surface area contributed by atoms with Crippen LogP contribution in [0.3, 0.4) is 0 Å². The second-order valence-electron chi connectivity index (χ2n) is 7.14. The first-order chi connectivity index (χ1) is 14.0. The van der Waals surface area contributed by atoms with Gasteiger partial charge in [-0.3, -0.25) is 4.79 Å². The molecule has 2 aromatic carbocycles. The second-order valence-corrected chi connectivity index (χ2v) is 7.14. The van der Waals surface area contributed by atoms with Crippen LogP contribution in [0.15, 0.2) is 53.1 Å². The lowest BCUT2D eigenvalue weighted by Gasteiger charge is -2.31. The lowest BCUT2D eigenvalue weighted by Crippen LogP contribution is -2.38. The van der Waals surface area contributed by atoms with Gasteiger partial charge in [-0.25, -0.2) is 4.79 Å². The molecule has 0 aliphatic carbocycles. The largest absolute Gasteiger partial charge is 0.478 e. The molecule has 0 spiro atoms. The van der Waals surface area contributed by atoms with E-state index >= 15 is 0 Å². The maximum absolute atomic E-state index is 13.2. The molecule has 1 aliphatic heterocycles. The van der Waals surface area contributed by atoms with Crippen LogP contribution < -0.4 is 0 Å². The van der Waals surface area contributed by atoms with Crippen LogP contribution in [0.1, 0.15) is 51.2 Å². The number of piperidine rings is 1. The Morgan fingerprint density at radius 3 is 2.17 bits per heavy atom. The molecular formula is C22H21N3O4. The molecule has 1 fully saturated rings. The van der Waals surface area contributed by atoms with Crippen LogP contribution in [0.4, 0.5) is 0 Å². The molecule has 2 heterocycles. The van der Waals surface area contributed by atoms with E-state index in [-0.39, 0.29) is 17.4 Å². The number of aromatic nitrogens is 2. The Bertz CT molecular complexity index is 1050. The molecular weight excluding hydrogens is 370 g/mol. The zero-order valence-corrected chi connectivity index (χ0v) is 16.0. The molecule has 0 unspecified atom stereocenters. The minimum atomic E-state index is -1.02. The van der Waals surface area contributed by atoms with Crippen molar-refractivity contribution in [1.82, 2.24) is 15.0 Å². The molecule has 1 amide bonds. The van der Waals surface area contributed by atoms with Gasteiger partial charge in [0.1, 0.15) is 0 Å². The fourth-order valence-corrected chi connectivity index (χ4v) is 3.79. The number of amides is 1. The minimum absolute atomic E-state index is 0.0963. The molecule has 1 saturated heterocycles. The van der Waals surface area contributed by atoms with Crippen molar-refractivity contribution in [2.75, 3.05) is 13.1 Å². The molecule has 29 heavy (non-hydrogen) atoms. The number of aromatic carboxylic acids is 1. The monoisotopic (exact) mass is 391 g/mol. The zero-order valence-electron chi connectivity index (χ0n) is 16.0. The summed E-state index contributed by atoms with van der Waals surface area (Å²) in [7, 11) is 0. The number of hydrogen-bond donors (Lipinski definition) is 1. The third kappa shape index (κ3) is 3.76. The van der Waals surface area contributed by atoms with Gasteiger partial charge < -0.3 is 14.5 Å². The van der Waals surface area contributed by atoms with E-state index in [0.717, 1.165) is 12.8 Å². The molecule has 7 heteroatoms. The first-order valence-corrected chi connectivity index (χ1v) is 9.56. The number of likely N-dealkylation sites (tertiary alicyclic amines) is 1. The number of carbonyl (C=O) groups excluding carboxylic acids is 1. The lowest BCUT2D eigenvalue weighted by atomic mass is 9.93. The Hall–Kier alpha value is -3.48. The van der Waals surface area contributed by atoms with Crippen molar-refractivity contribution < 1.29 is 19.2 Å². The first kappa shape index (κ1) is 18.9. The molecule has 0 radical (unpaired) electrons. The maximum atomic E-state index is 13.2. The summed E-state index contributed by atoms with van der Waals surface area (Å²) in [5.74, 6) is 0.289. The third-order valence-corrected chi connectivity index (χ3v) is 5.28. The Morgan fingerprint density at radius 2 is 1.59 bits per heavy atom. The SMILES string of the molecule is Cc1noc(C2CCN(C(=O)c3ccccc3-c3ccccc3C(=O)O)CC2)n1. The van der Waals surface area contributed by atoms with Gasteiger partial charge in [-0.05, 0) is 43.0 Å². The molecule has 148 valence electrons. The summed E-state index contributed by atoms with van der Waals surface area (Å²) in [6.07, 6.45) is 1.50. The number of nitrogens with zero attached hydrogens (tertiary/aromatic N) is 3. The van der Waals surface area contributed by atoms with E-state index in [2.05, 4.69) is 10.1 Å². The van der Waals surface area contributed by atoms with Crippen molar-refractivity contribution in [3.05, 3.63) is 71.4 Å². The topological polar surface area (TPSA) is 96.5 Å². The number of rotatable bonds is 4. The number of carboxylic acids is 1. The van der Waals surface area contributed by atoms with E-state index in [1.807, 2.05) is 11.0 Å². The molecule has 1 N–H and O–H groups in total. The van der Waals surface area contributed by atoms with E-state index in [1.54, 1.807) is 49.4 Å². The normalized spacial score (nSPS) is 14.7. The summed E-state index contributed by atoms with van der Waals surface area (Å²) in [5.41, 5.74) is 1.86. The molecule has 0 atom stereocenters. The van der Waals surface area contributed by atoms with Crippen molar-refractivity contribution in [1.29, 1.82) is 0 Å². The summed E-state index contributed by atoms with van der Waals surface area (Å²) in [6, 6.07) is 13.9. The van der Waals surface area contributed by atoms with Gasteiger partial charge in [0.25, 0.3) is 5.91 Å². The van der Waals surface area contributed by atoms with E-state index in [0.29, 0.717) is 41.5 Å². The highest BCUT2D eigenvalue weighted by molar-refractivity contribution is 6.04. The highest BCUT2D eigenvalue weighted by atomic mass is 16.5. The van der Waals surface area contributed by atoms with Crippen LogP contribution in [0.2, 0.25) is 0 Å². The quantitative estimate of drug-likeness (QED) is 0.727. The van der Waals surface area contributed by atoms with Crippen molar-refractivity contribution in [2.45, 2.75) is 25.7 Å². The number of benzene rings is 2. The van der Waals surface area contributed by atoms with Crippen LogP contribution in [0.25, 0.3) is 11.1 Å². The van der Waals surface area contributed by atoms with Crippen LogP contribution in [-0.2, 0) is 0 Å². The average molecular weight is 391 g/mol. The number of hydrogen-bond acceptors (Lipinski definition) is 5. The molecule has 0 bridgehead atoms. The Kier molecular flexibility index (Phi) is 5.12. The van der Waals surface area contributed by atoms with Gasteiger partial charge in [-0.15, -0.1) is 0 Å². The number of aryl methyl sites for hydroxylation is 1. The lowest BCUT2D eigenvalue weighted by molar-refractivity contribution is 0.0689. The minimum Gasteiger partial charge on any atom is -0.478 e. The fraction of sp³-hybridized carbons (Fsp3) is 0.273. The van der Waals surface area contributed by atoms with Gasteiger partial charge in [-0.1, -0.05) is 41.6 Å². The van der Waals surface area contributed by atoms with Crippen molar-refractivity contribution >= 4 is 11.9 Å². The highest BCUT2D eigenvalue weighted by Crippen LogP contribution is 2.31. The average Bonchev–Trinajstić information content (AvgIpc) is 3.19. The Morgan fingerprint density at radius 1 is 1.00 bits per heavy atom. The molecule has 3 aromatic rings. The van der Waals surface area contributed by atoms with Crippen LogP contribution in [0.5, 0.6) is 0 Å². The summed E-state index contributed by atoms with van der Waals surface area (Å²) in [6.45, 7) is 2.96. The Balaban J connectivity index is 1.57. The Labute approximate surface area is 168 Å². The van der Waals surface area contributed by atoms with E-state index in [1.165, 1.54) is 0 Å². The first-order valence-electron chi connectivity index (χ1n) is 9.56. The van der Waals surface area contributed by atoms with Gasteiger partial charge in [0.05, 0.1) is 5.56 Å². The number of carboxylic acid groups (broad SMARTS) is 1. The van der Waals surface area contributed by atoms with Gasteiger partial charge in [0, 0.05) is 24.6 Å². The third-order valence-electron chi connectivity index (χ3n) is 5.28. The smallest absolute Gasteiger partial charge is 0.336 e. The predicted octanol–water partition coefficient (Wildman–Crippen LogP) is 3.76. The van der Waals surface area contributed by atoms with Crippen LogP contribution >= 0.6 is 0 Å². The van der Waals surface area contributed by atoms with Gasteiger partial charge in [-0.2, -0.15) is 4.98 Å². The summed E-state index contributed by atoms with van der Waals surface area (Å²) in [5, 5.41) is 13.4. The fourth-order valence-electron chi connectivity index (χ4n) is 3.79. The molecule has 1 aromatic heterocycles. The van der Waals surface area contributed by atoms with E-state index in [4.69, 9.17) is 4.52 Å². The van der Waals surface area contributed by atoms with Crippen molar-refractivity contribution in [3.63, 3.8) is 0 Å². The molecule has 7 nitrogen and oxygen atoms in total. The second kappa shape index (κ2) is 7.87.